The molecular formula is C20H33N3O5S. The van der Waals surface area contributed by atoms with Crippen LogP contribution >= 0.6 is 12.2 Å². The van der Waals surface area contributed by atoms with Crippen molar-refractivity contribution in [2.24, 2.45) is 0 Å². The zero-order valence-corrected chi connectivity index (χ0v) is 18.7. The number of carbonyl (C=O) groups excluding carboxylic acids is 1. The largest absolute Gasteiger partial charge is 0.490 e. The number of carbonyl (C=O) groups is 1. The zero-order chi connectivity index (χ0) is 21.6. The second kappa shape index (κ2) is 13.8. The van der Waals surface area contributed by atoms with Crippen LogP contribution in [0, 0.1) is 0 Å². The van der Waals surface area contributed by atoms with Crippen molar-refractivity contribution < 1.29 is 23.7 Å². The maximum Gasteiger partial charge on any atom is 0.269 e. The van der Waals surface area contributed by atoms with E-state index in [2.05, 4.69) is 16.2 Å². The van der Waals surface area contributed by atoms with Crippen molar-refractivity contribution in [3.63, 3.8) is 0 Å². The van der Waals surface area contributed by atoms with Gasteiger partial charge >= 0.3 is 0 Å². The van der Waals surface area contributed by atoms with Crippen molar-refractivity contribution in [2.75, 3.05) is 33.0 Å². The van der Waals surface area contributed by atoms with Gasteiger partial charge in [0, 0.05) is 18.7 Å². The summed E-state index contributed by atoms with van der Waals surface area (Å²) in [4.78, 5) is 12.5. The molecule has 29 heavy (non-hydrogen) atoms. The minimum Gasteiger partial charge on any atom is -0.490 e. The molecule has 0 unspecified atom stereocenters. The molecule has 9 heteroatoms. The Bertz CT molecular complexity index is 628. The van der Waals surface area contributed by atoms with E-state index in [1.807, 2.05) is 34.6 Å². The van der Waals surface area contributed by atoms with E-state index >= 15 is 0 Å². The van der Waals surface area contributed by atoms with E-state index in [0.717, 1.165) is 6.42 Å². The molecule has 8 nitrogen and oxygen atoms in total. The molecule has 0 saturated heterocycles. The molecule has 0 radical (unpaired) electrons. The zero-order valence-electron chi connectivity index (χ0n) is 17.9. The Kier molecular flexibility index (Phi) is 11.8. The number of nitrogens with one attached hydrogen (secondary N) is 3. The van der Waals surface area contributed by atoms with Crippen LogP contribution in [-0.2, 0) is 4.74 Å². The molecule has 3 N–H and O–H groups in total. The van der Waals surface area contributed by atoms with Crippen molar-refractivity contribution in [3.8, 4) is 17.2 Å². The molecule has 0 aromatic heterocycles. The molecule has 0 bridgehead atoms. The summed E-state index contributed by atoms with van der Waals surface area (Å²) in [5.41, 5.74) is 5.62. The number of thiocarbonyl (C=S) groups is 1. The van der Waals surface area contributed by atoms with Crippen LogP contribution in [-0.4, -0.2) is 50.1 Å². The molecular weight excluding hydrogens is 394 g/mol. The first-order valence-corrected chi connectivity index (χ1v) is 10.4. The third-order valence-corrected chi connectivity index (χ3v) is 3.77. The molecule has 0 aliphatic carbocycles. The van der Waals surface area contributed by atoms with Crippen LogP contribution in [0.3, 0.4) is 0 Å². The number of amides is 1. The van der Waals surface area contributed by atoms with Gasteiger partial charge in [-0.2, -0.15) is 0 Å². The first-order valence-electron chi connectivity index (χ1n) is 9.95. The number of hydrogen-bond acceptors (Lipinski definition) is 6. The molecule has 0 fully saturated rings. The molecule has 0 heterocycles. The van der Waals surface area contributed by atoms with Crippen molar-refractivity contribution >= 4 is 23.2 Å². The van der Waals surface area contributed by atoms with Gasteiger partial charge in [-0.15, -0.1) is 0 Å². The average Bonchev–Trinajstić information content (AvgIpc) is 2.68. The molecule has 1 amide bonds. The summed E-state index contributed by atoms with van der Waals surface area (Å²) in [6.45, 7) is 12.2. The number of ether oxygens (including phenoxy) is 4. The van der Waals surface area contributed by atoms with Gasteiger partial charge in [-0.25, -0.2) is 0 Å². The molecule has 1 aromatic carbocycles. The van der Waals surface area contributed by atoms with Gasteiger partial charge in [-0.1, -0.05) is 0 Å². The predicted molar refractivity (Wildman–Crippen MR) is 117 cm³/mol. The lowest BCUT2D eigenvalue weighted by molar-refractivity contribution is 0.0776. The number of hydrogen-bond donors (Lipinski definition) is 3. The van der Waals surface area contributed by atoms with E-state index in [9.17, 15) is 4.79 Å². The van der Waals surface area contributed by atoms with Gasteiger partial charge in [0.25, 0.3) is 5.91 Å². The highest BCUT2D eigenvalue weighted by Crippen LogP contribution is 2.39. The molecule has 0 saturated carbocycles. The summed E-state index contributed by atoms with van der Waals surface area (Å²) in [5, 5.41) is 3.33. The van der Waals surface area contributed by atoms with E-state index in [0.29, 0.717) is 60.9 Å². The summed E-state index contributed by atoms with van der Waals surface area (Å²) in [6, 6.07) is 3.24. The number of benzene rings is 1. The summed E-state index contributed by atoms with van der Waals surface area (Å²) >= 11 is 5.17. The van der Waals surface area contributed by atoms with Crippen molar-refractivity contribution in [3.05, 3.63) is 17.7 Å². The molecule has 1 rings (SSSR count). The van der Waals surface area contributed by atoms with Crippen LogP contribution in [0.25, 0.3) is 0 Å². The quantitative estimate of drug-likeness (QED) is 0.267. The lowest BCUT2D eigenvalue weighted by Crippen LogP contribution is -2.47. The fraction of sp³-hybridized carbons (Fsp3) is 0.600. The summed E-state index contributed by atoms with van der Waals surface area (Å²) in [5.74, 6) is 1.02. The second-order valence-corrected chi connectivity index (χ2v) is 6.62. The van der Waals surface area contributed by atoms with Crippen LogP contribution in [0.4, 0.5) is 0 Å². The normalized spacial score (nSPS) is 10.4. The minimum atomic E-state index is -0.373. The van der Waals surface area contributed by atoms with E-state index in [1.54, 1.807) is 12.1 Å². The lowest BCUT2D eigenvalue weighted by atomic mass is 10.1. The Hall–Kier alpha value is -2.26. The highest BCUT2D eigenvalue weighted by molar-refractivity contribution is 7.80. The third kappa shape index (κ3) is 9.19. The standard InChI is InChI=1S/C20H33N3O5S/c1-6-25-16-12-15(13-17(26-7-2)18(16)27-8-3)19(24)22-23-20(29)21-10-9-11-28-14(4)5/h12-14H,6-11H2,1-5H3,(H,22,24)(H2,21,23,29). The Balaban J connectivity index is 2.69. The Morgan fingerprint density at radius 2 is 1.59 bits per heavy atom. The average molecular weight is 428 g/mol. The Morgan fingerprint density at radius 1 is 1.00 bits per heavy atom. The van der Waals surface area contributed by atoms with Crippen LogP contribution < -0.4 is 30.4 Å². The molecule has 1 aromatic rings. The fourth-order valence-corrected chi connectivity index (χ4v) is 2.50. The summed E-state index contributed by atoms with van der Waals surface area (Å²) < 4.78 is 22.4. The summed E-state index contributed by atoms with van der Waals surface area (Å²) in [6.07, 6.45) is 1.01. The molecule has 0 aliphatic heterocycles. The smallest absolute Gasteiger partial charge is 0.269 e. The molecule has 0 atom stereocenters. The maximum atomic E-state index is 12.5. The van der Waals surface area contributed by atoms with Gasteiger partial charge in [0.1, 0.15) is 0 Å². The van der Waals surface area contributed by atoms with E-state index in [1.165, 1.54) is 0 Å². The first-order chi connectivity index (χ1) is 13.9. The van der Waals surface area contributed by atoms with Crippen molar-refractivity contribution in [2.45, 2.75) is 47.1 Å². The first kappa shape index (κ1) is 24.8. The molecule has 0 spiro atoms. The predicted octanol–water partition coefficient (Wildman–Crippen LogP) is 2.81. The van der Waals surface area contributed by atoms with Gasteiger partial charge in [0.2, 0.25) is 5.75 Å². The van der Waals surface area contributed by atoms with Crippen LogP contribution in [0.5, 0.6) is 17.2 Å². The SMILES string of the molecule is CCOc1cc(C(=O)NNC(=S)NCCCOC(C)C)cc(OCC)c1OCC. The van der Waals surface area contributed by atoms with Crippen LogP contribution in [0.1, 0.15) is 51.4 Å². The fourth-order valence-electron chi connectivity index (χ4n) is 2.34. The monoisotopic (exact) mass is 427 g/mol. The summed E-state index contributed by atoms with van der Waals surface area (Å²) in [7, 11) is 0. The number of rotatable bonds is 12. The van der Waals surface area contributed by atoms with Crippen LogP contribution in [0.2, 0.25) is 0 Å². The maximum absolute atomic E-state index is 12.5. The van der Waals surface area contributed by atoms with E-state index < -0.39 is 0 Å². The van der Waals surface area contributed by atoms with Crippen molar-refractivity contribution in [1.29, 1.82) is 0 Å². The highest BCUT2D eigenvalue weighted by atomic mass is 32.1. The van der Waals surface area contributed by atoms with Gasteiger partial charge in [0.15, 0.2) is 16.6 Å². The lowest BCUT2D eigenvalue weighted by Gasteiger charge is -2.17. The second-order valence-electron chi connectivity index (χ2n) is 6.21. The Morgan fingerprint density at radius 3 is 2.10 bits per heavy atom. The highest BCUT2D eigenvalue weighted by Gasteiger charge is 2.18. The molecule has 164 valence electrons. The van der Waals surface area contributed by atoms with Gasteiger partial charge < -0.3 is 24.3 Å². The van der Waals surface area contributed by atoms with Gasteiger partial charge in [0.05, 0.1) is 25.9 Å². The molecule has 0 aliphatic rings. The van der Waals surface area contributed by atoms with Gasteiger partial charge in [-0.3, -0.25) is 15.6 Å². The minimum absolute atomic E-state index is 0.205. The Labute approximate surface area is 178 Å². The van der Waals surface area contributed by atoms with Crippen LogP contribution in [0.15, 0.2) is 12.1 Å². The third-order valence-electron chi connectivity index (χ3n) is 3.52. The number of hydrazine groups is 1. The topological polar surface area (TPSA) is 90.1 Å². The van der Waals surface area contributed by atoms with Gasteiger partial charge in [-0.05, 0) is 65.4 Å². The van der Waals surface area contributed by atoms with E-state index in [4.69, 9.17) is 31.2 Å². The van der Waals surface area contributed by atoms with E-state index in [-0.39, 0.29) is 12.0 Å². The van der Waals surface area contributed by atoms with Crippen molar-refractivity contribution in [1.82, 2.24) is 16.2 Å².